The molecule has 3 N–H and O–H groups in total. The minimum absolute atomic E-state index is 0.0362. The fourth-order valence-electron chi connectivity index (χ4n) is 4.02. The first-order valence-corrected chi connectivity index (χ1v) is 10.9. The van der Waals surface area contributed by atoms with Crippen LogP contribution in [0.15, 0.2) is 18.2 Å². The Bertz CT molecular complexity index is 762. The summed E-state index contributed by atoms with van der Waals surface area (Å²) in [5.41, 5.74) is 0.999. The van der Waals surface area contributed by atoms with Crippen molar-refractivity contribution in [2.75, 3.05) is 25.6 Å². The lowest BCUT2D eigenvalue weighted by molar-refractivity contribution is -0.714. The second-order valence-electron chi connectivity index (χ2n) is 8.03. The van der Waals surface area contributed by atoms with E-state index >= 15 is 0 Å². The predicted molar refractivity (Wildman–Crippen MR) is 106 cm³/mol. The van der Waals surface area contributed by atoms with E-state index in [1.165, 1.54) is 0 Å². The molecular formula is C20H28N3O4S+. The van der Waals surface area contributed by atoms with Gasteiger partial charge in [0, 0.05) is 38.4 Å². The highest BCUT2D eigenvalue weighted by atomic mass is 32.2. The maximum Gasteiger partial charge on any atom is 0.279 e. The number of ether oxygens (including phenoxy) is 2. The molecule has 1 aromatic rings. The van der Waals surface area contributed by atoms with Gasteiger partial charge in [-0.25, -0.2) is 0 Å². The molecule has 4 rings (SSSR count). The number of nitrogens with two attached hydrogens (primary N) is 1. The van der Waals surface area contributed by atoms with Crippen LogP contribution in [0, 0.1) is 5.92 Å². The zero-order valence-electron chi connectivity index (χ0n) is 16.4. The maximum absolute atomic E-state index is 12.7. The van der Waals surface area contributed by atoms with Crippen LogP contribution in [0.3, 0.4) is 0 Å². The minimum atomic E-state index is -0.0774. The summed E-state index contributed by atoms with van der Waals surface area (Å²) in [6.45, 7) is 6.20. The third kappa shape index (κ3) is 3.93. The van der Waals surface area contributed by atoms with E-state index < -0.39 is 0 Å². The molecule has 8 heteroatoms. The highest BCUT2D eigenvalue weighted by Gasteiger charge is 2.48. The van der Waals surface area contributed by atoms with E-state index in [0.29, 0.717) is 6.54 Å². The van der Waals surface area contributed by atoms with Gasteiger partial charge >= 0.3 is 0 Å². The molecule has 0 radical (unpaired) electrons. The van der Waals surface area contributed by atoms with Crippen molar-refractivity contribution in [3.05, 3.63) is 23.8 Å². The van der Waals surface area contributed by atoms with Gasteiger partial charge in [-0.15, -0.1) is 0 Å². The molecule has 0 unspecified atom stereocenters. The van der Waals surface area contributed by atoms with Crippen LogP contribution in [0.4, 0.5) is 0 Å². The number of quaternary nitrogens is 1. The molecule has 0 bridgehead atoms. The zero-order chi connectivity index (χ0) is 19.7. The van der Waals surface area contributed by atoms with Crippen LogP contribution >= 0.6 is 11.8 Å². The number of hydrogen-bond donors (Lipinski definition) is 2. The summed E-state index contributed by atoms with van der Waals surface area (Å²) in [7, 11) is 0. The molecule has 0 aromatic heterocycles. The Balaban J connectivity index is 1.27. The number of benzene rings is 1. The number of carbonyl (C=O) groups excluding carboxylic acids is 2. The maximum atomic E-state index is 12.7. The number of nitrogens with zero attached hydrogens (tertiary/aromatic N) is 1. The van der Waals surface area contributed by atoms with E-state index in [-0.39, 0.29) is 35.4 Å². The summed E-state index contributed by atoms with van der Waals surface area (Å²) < 4.78 is 10.7. The van der Waals surface area contributed by atoms with Crippen LogP contribution in [-0.4, -0.2) is 53.3 Å². The average molecular weight is 407 g/mol. The molecular weight excluding hydrogens is 378 g/mol. The molecule has 28 heavy (non-hydrogen) atoms. The van der Waals surface area contributed by atoms with E-state index in [4.69, 9.17) is 9.47 Å². The number of carbonyl (C=O) groups is 2. The lowest BCUT2D eigenvalue weighted by Gasteiger charge is -2.37. The zero-order valence-corrected chi connectivity index (χ0v) is 17.2. The summed E-state index contributed by atoms with van der Waals surface area (Å²) in [4.78, 5) is 26.9. The number of hydrogen-bond acceptors (Lipinski definition) is 5. The monoisotopic (exact) mass is 406 g/mol. The molecule has 2 saturated heterocycles. The van der Waals surface area contributed by atoms with Gasteiger partial charge in [0.05, 0.1) is 5.75 Å². The summed E-state index contributed by atoms with van der Waals surface area (Å²) >= 11 is 1.87. The number of amides is 2. The largest absolute Gasteiger partial charge is 0.454 e. The van der Waals surface area contributed by atoms with Crippen LogP contribution in [0.5, 0.6) is 11.5 Å². The van der Waals surface area contributed by atoms with Crippen molar-refractivity contribution in [2.24, 2.45) is 5.92 Å². The second-order valence-corrected chi connectivity index (χ2v) is 9.47. The standard InChI is InChI=1S/C20H27N3O4S/c1-13(2)19(25)23-7-5-20(6-8-23)22-15(11-28-20)18(24)21-10-14-3-4-16-17(9-14)27-12-26-16/h3-4,9,13,15,22H,5-8,10-12H2,1-2H3,(H,21,24)/p+1/t15-/m0/s1. The van der Waals surface area contributed by atoms with Crippen molar-refractivity contribution in [1.82, 2.24) is 10.2 Å². The molecule has 2 amide bonds. The first kappa shape index (κ1) is 19.4. The number of fused-ring (bicyclic) bond motifs is 1. The van der Waals surface area contributed by atoms with Crippen molar-refractivity contribution in [1.29, 1.82) is 0 Å². The lowest BCUT2D eigenvalue weighted by atomic mass is 10.0. The van der Waals surface area contributed by atoms with Gasteiger partial charge < -0.3 is 25.0 Å². The molecule has 1 atom stereocenters. The fraction of sp³-hybridized carbons (Fsp3) is 0.600. The molecule has 0 aliphatic carbocycles. The van der Waals surface area contributed by atoms with E-state index in [2.05, 4.69) is 10.6 Å². The number of thioether (sulfide) groups is 1. The van der Waals surface area contributed by atoms with Gasteiger partial charge in [-0.2, -0.15) is 0 Å². The van der Waals surface area contributed by atoms with E-state index in [0.717, 1.165) is 48.7 Å². The van der Waals surface area contributed by atoms with Gasteiger partial charge in [0.15, 0.2) is 17.5 Å². The molecule has 1 aromatic carbocycles. The van der Waals surface area contributed by atoms with Crippen molar-refractivity contribution in [3.63, 3.8) is 0 Å². The van der Waals surface area contributed by atoms with Crippen LogP contribution < -0.4 is 20.1 Å². The summed E-state index contributed by atoms with van der Waals surface area (Å²) in [5, 5.41) is 5.28. The quantitative estimate of drug-likeness (QED) is 0.768. The lowest BCUT2D eigenvalue weighted by Crippen LogP contribution is -2.99. The molecule has 3 aliphatic heterocycles. The Kier molecular flexibility index (Phi) is 5.42. The first-order valence-electron chi connectivity index (χ1n) is 9.91. The Hall–Kier alpha value is -1.93. The van der Waals surface area contributed by atoms with Gasteiger partial charge in [-0.3, -0.25) is 9.59 Å². The summed E-state index contributed by atoms with van der Waals surface area (Å²) in [5.74, 6) is 2.64. The van der Waals surface area contributed by atoms with Crippen LogP contribution in [0.25, 0.3) is 0 Å². The van der Waals surface area contributed by atoms with Gasteiger partial charge in [0.2, 0.25) is 12.7 Å². The fourth-order valence-corrected chi connectivity index (χ4v) is 5.51. The number of rotatable bonds is 4. The third-order valence-corrected chi connectivity index (χ3v) is 7.36. The van der Waals surface area contributed by atoms with Crippen molar-refractivity contribution in [3.8, 4) is 11.5 Å². The molecule has 152 valence electrons. The van der Waals surface area contributed by atoms with Crippen molar-refractivity contribution >= 4 is 23.6 Å². The van der Waals surface area contributed by atoms with Crippen LogP contribution in [-0.2, 0) is 16.1 Å². The van der Waals surface area contributed by atoms with Crippen LogP contribution in [0.2, 0.25) is 0 Å². The molecule has 3 aliphatic rings. The molecule has 2 fully saturated rings. The van der Waals surface area contributed by atoms with E-state index in [9.17, 15) is 9.59 Å². The summed E-state index contributed by atoms with van der Waals surface area (Å²) in [6, 6.07) is 5.66. The SMILES string of the molecule is CC(C)C(=O)N1CCC2(CC1)[NH2+][C@H](C(=O)NCc1ccc3c(c1)OCO3)CS2. The summed E-state index contributed by atoms with van der Waals surface area (Å²) in [6.07, 6.45) is 1.87. The molecule has 0 saturated carbocycles. The minimum Gasteiger partial charge on any atom is -0.454 e. The van der Waals surface area contributed by atoms with E-state index in [1.807, 2.05) is 48.7 Å². The molecule has 3 heterocycles. The normalized spacial score (nSPS) is 22.7. The van der Waals surface area contributed by atoms with Gasteiger partial charge in [-0.05, 0) is 17.7 Å². The van der Waals surface area contributed by atoms with Gasteiger partial charge in [0.1, 0.15) is 4.87 Å². The first-order chi connectivity index (χ1) is 13.5. The number of piperidine rings is 1. The topological polar surface area (TPSA) is 84.5 Å². The van der Waals surface area contributed by atoms with Gasteiger partial charge in [-0.1, -0.05) is 31.7 Å². The Morgan fingerprint density at radius 1 is 1.29 bits per heavy atom. The predicted octanol–water partition coefficient (Wildman–Crippen LogP) is 0.685. The second kappa shape index (κ2) is 7.83. The van der Waals surface area contributed by atoms with Crippen molar-refractivity contribution in [2.45, 2.75) is 44.1 Å². The Labute approximate surface area is 169 Å². The Morgan fingerprint density at radius 3 is 2.79 bits per heavy atom. The molecule has 1 spiro atoms. The average Bonchev–Trinajstić information content (AvgIpc) is 3.33. The van der Waals surface area contributed by atoms with Crippen molar-refractivity contribution < 1.29 is 24.4 Å². The highest BCUT2D eigenvalue weighted by Crippen LogP contribution is 2.34. The van der Waals surface area contributed by atoms with Crippen LogP contribution in [0.1, 0.15) is 32.3 Å². The highest BCUT2D eigenvalue weighted by molar-refractivity contribution is 8.00. The Morgan fingerprint density at radius 2 is 2.04 bits per heavy atom. The van der Waals surface area contributed by atoms with E-state index in [1.54, 1.807) is 0 Å². The third-order valence-electron chi connectivity index (χ3n) is 5.71. The number of likely N-dealkylation sites (tertiary alicyclic amines) is 1. The number of nitrogens with one attached hydrogen (secondary N) is 1. The molecule has 7 nitrogen and oxygen atoms in total. The van der Waals surface area contributed by atoms with Gasteiger partial charge in [0.25, 0.3) is 5.91 Å². The smallest absolute Gasteiger partial charge is 0.279 e.